The van der Waals surface area contributed by atoms with Crippen LogP contribution in [0.1, 0.15) is 57.6 Å². The van der Waals surface area contributed by atoms with Crippen LogP contribution in [0.15, 0.2) is 115 Å². The van der Waals surface area contributed by atoms with Crippen LogP contribution in [0.5, 0.6) is 0 Å². The lowest BCUT2D eigenvalue weighted by atomic mass is 9.63. The molecule has 4 aromatic carbocycles. The summed E-state index contributed by atoms with van der Waals surface area (Å²) in [7, 11) is 0.319. The number of benzene rings is 4. The number of carbonyl (C=O) groups is 1. The van der Waals surface area contributed by atoms with E-state index in [-0.39, 0.29) is 23.2 Å². The Labute approximate surface area is 297 Å². The molecule has 1 saturated heterocycles. The van der Waals surface area contributed by atoms with Gasteiger partial charge in [-0.1, -0.05) is 130 Å². The Morgan fingerprint density at radius 2 is 1.46 bits per heavy atom. The van der Waals surface area contributed by atoms with Crippen molar-refractivity contribution in [1.29, 1.82) is 0 Å². The fourth-order valence-electron chi connectivity index (χ4n) is 9.39. The quantitative estimate of drug-likeness (QED) is 0.160. The number of ether oxygens (including phenoxy) is 4. The first-order chi connectivity index (χ1) is 24.2. The molecule has 4 aromatic rings. The number of methoxy groups -OCH3 is 2. The van der Waals surface area contributed by atoms with Crippen LogP contribution in [0.2, 0.25) is 5.04 Å². The highest BCUT2D eigenvalue weighted by molar-refractivity contribution is 6.99. The van der Waals surface area contributed by atoms with Crippen LogP contribution in [-0.2, 0) is 35.6 Å². The summed E-state index contributed by atoms with van der Waals surface area (Å²) in [5, 5.41) is 2.27. The van der Waals surface area contributed by atoms with E-state index >= 15 is 0 Å². The van der Waals surface area contributed by atoms with Gasteiger partial charge in [-0.2, -0.15) is 0 Å². The van der Waals surface area contributed by atoms with Gasteiger partial charge in [0.25, 0.3) is 8.32 Å². The van der Waals surface area contributed by atoms with Crippen LogP contribution in [-0.4, -0.2) is 53.2 Å². The van der Waals surface area contributed by atoms with Crippen LogP contribution in [0, 0.1) is 5.92 Å². The Morgan fingerprint density at radius 1 is 0.860 bits per heavy atom. The van der Waals surface area contributed by atoms with Gasteiger partial charge in [-0.3, -0.25) is 4.90 Å². The lowest BCUT2D eigenvalue weighted by molar-refractivity contribution is -0.176. The van der Waals surface area contributed by atoms with Gasteiger partial charge in [0, 0.05) is 31.6 Å². The molecular formula is C42H49NO6Si. The fourth-order valence-corrected chi connectivity index (χ4v) is 14.0. The minimum absolute atomic E-state index is 0.0144. The van der Waals surface area contributed by atoms with Crippen molar-refractivity contribution in [3.05, 3.63) is 126 Å². The Balaban J connectivity index is 1.29. The molecule has 2 heterocycles. The van der Waals surface area contributed by atoms with E-state index in [0.29, 0.717) is 32.5 Å². The van der Waals surface area contributed by atoms with Gasteiger partial charge in [0.05, 0.1) is 31.0 Å². The van der Waals surface area contributed by atoms with Gasteiger partial charge in [0.1, 0.15) is 5.60 Å². The molecule has 262 valence electrons. The van der Waals surface area contributed by atoms with Gasteiger partial charge in [-0.15, -0.1) is 0 Å². The van der Waals surface area contributed by atoms with Crippen LogP contribution in [0.3, 0.4) is 0 Å². The Hall–Kier alpha value is -3.79. The van der Waals surface area contributed by atoms with E-state index in [2.05, 4.69) is 99.6 Å². The number of para-hydroxylation sites is 1. The third kappa shape index (κ3) is 5.44. The van der Waals surface area contributed by atoms with Crippen molar-refractivity contribution < 1.29 is 28.2 Å². The maximum Gasteiger partial charge on any atom is 0.414 e. The third-order valence-electron chi connectivity index (χ3n) is 11.4. The van der Waals surface area contributed by atoms with Gasteiger partial charge in [-0.05, 0) is 46.3 Å². The Kier molecular flexibility index (Phi) is 9.52. The Bertz CT molecular complexity index is 1730. The molecule has 0 N–H and O–H groups in total. The molecular weight excluding hydrogens is 643 g/mol. The molecule has 2 aliphatic heterocycles. The molecule has 7 nitrogen and oxygen atoms in total. The SMILES string of the molecule is COC(=O)N1c2ccccc2[C@@]2(CCO[Si](c3ccccc3)(c3ccccc3)C(C)(C)C)O[C@@H](OC)[C@@H]3C[C@@H](OCc4ccccc4)CC[C@]312. The molecule has 1 spiro atoms. The average molecular weight is 692 g/mol. The summed E-state index contributed by atoms with van der Waals surface area (Å²) in [5.74, 6) is -0.165. The van der Waals surface area contributed by atoms with Gasteiger partial charge >= 0.3 is 6.09 Å². The van der Waals surface area contributed by atoms with E-state index in [1.54, 1.807) is 7.11 Å². The monoisotopic (exact) mass is 691 g/mol. The van der Waals surface area contributed by atoms with Gasteiger partial charge in [0.15, 0.2) is 6.29 Å². The molecule has 0 radical (unpaired) electrons. The highest BCUT2D eigenvalue weighted by Gasteiger charge is 2.75. The number of carbonyl (C=O) groups excluding carboxylic acids is 1. The van der Waals surface area contributed by atoms with Crippen LogP contribution >= 0.6 is 0 Å². The average Bonchev–Trinajstić information content (AvgIpc) is 3.55. The molecule has 1 aliphatic carbocycles. The molecule has 0 unspecified atom stereocenters. The zero-order chi connectivity index (χ0) is 35.0. The van der Waals surface area contributed by atoms with E-state index in [1.807, 2.05) is 41.3 Å². The predicted octanol–water partition coefficient (Wildman–Crippen LogP) is 7.56. The largest absolute Gasteiger partial charge is 0.452 e. The molecule has 8 heteroatoms. The molecule has 7 rings (SSSR count). The van der Waals surface area contributed by atoms with Crippen molar-refractivity contribution >= 4 is 30.5 Å². The first kappa shape index (κ1) is 34.6. The van der Waals surface area contributed by atoms with Crippen molar-refractivity contribution in [3.8, 4) is 0 Å². The van der Waals surface area contributed by atoms with Crippen molar-refractivity contribution in [2.24, 2.45) is 5.92 Å². The third-order valence-corrected chi connectivity index (χ3v) is 16.5. The second-order valence-electron chi connectivity index (χ2n) is 14.9. The second-order valence-corrected chi connectivity index (χ2v) is 19.2. The lowest BCUT2D eigenvalue weighted by Gasteiger charge is -2.50. The van der Waals surface area contributed by atoms with Crippen LogP contribution in [0.25, 0.3) is 0 Å². The highest BCUT2D eigenvalue weighted by atomic mass is 28.4. The lowest BCUT2D eigenvalue weighted by Crippen LogP contribution is -2.67. The number of amides is 1. The summed E-state index contributed by atoms with van der Waals surface area (Å²) in [6, 6.07) is 39.8. The van der Waals surface area contributed by atoms with Crippen molar-refractivity contribution in [3.63, 3.8) is 0 Å². The summed E-state index contributed by atoms with van der Waals surface area (Å²) >= 11 is 0. The van der Waals surface area contributed by atoms with Crippen molar-refractivity contribution in [2.75, 3.05) is 25.7 Å². The summed E-state index contributed by atoms with van der Waals surface area (Å²) in [6.45, 7) is 7.84. The number of rotatable bonds is 10. The zero-order valence-corrected chi connectivity index (χ0v) is 30.8. The number of fused-ring (bicyclic) bond motifs is 2. The molecule has 0 aromatic heterocycles. The molecule has 1 amide bonds. The van der Waals surface area contributed by atoms with Crippen LogP contribution in [0.4, 0.5) is 10.5 Å². The predicted molar refractivity (Wildman–Crippen MR) is 198 cm³/mol. The topological polar surface area (TPSA) is 66.5 Å². The van der Waals surface area contributed by atoms with E-state index in [1.165, 1.54) is 17.5 Å². The smallest absolute Gasteiger partial charge is 0.414 e. The van der Waals surface area contributed by atoms with Gasteiger partial charge < -0.3 is 23.4 Å². The van der Waals surface area contributed by atoms with Crippen molar-refractivity contribution in [1.82, 2.24) is 0 Å². The van der Waals surface area contributed by atoms with Crippen LogP contribution < -0.4 is 15.3 Å². The van der Waals surface area contributed by atoms with E-state index in [9.17, 15) is 4.79 Å². The summed E-state index contributed by atoms with van der Waals surface area (Å²) in [6.07, 6.45) is 1.70. The summed E-state index contributed by atoms with van der Waals surface area (Å²) in [4.78, 5) is 15.9. The minimum atomic E-state index is -2.84. The molecule has 2 fully saturated rings. The normalized spacial score (nSPS) is 25.9. The first-order valence-electron chi connectivity index (χ1n) is 17.8. The van der Waals surface area contributed by atoms with E-state index in [0.717, 1.165) is 23.2 Å². The minimum Gasteiger partial charge on any atom is -0.452 e. The zero-order valence-electron chi connectivity index (χ0n) is 29.8. The molecule has 1 saturated carbocycles. The molecule has 5 atom stereocenters. The summed E-state index contributed by atoms with van der Waals surface area (Å²) in [5.41, 5.74) is 1.29. The Morgan fingerprint density at radius 3 is 2.06 bits per heavy atom. The maximum atomic E-state index is 14.0. The highest BCUT2D eigenvalue weighted by Crippen LogP contribution is 2.67. The number of hydrogen-bond donors (Lipinski definition) is 0. The van der Waals surface area contributed by atoms with E-state index < -0.39 is 25.7 Å². The van der Waals surface area contributed by atoms with Gasteiger partial charge in [0.2, 0.25) is 0 Å². The number of hydrogen-bond acceptors (Lipinski definition) is 6. The molecule has 3 aliphatic rings. The maximum absolute atomic E-state index is 14.0. The first-order valence-corrected chi connectivity index (χ1v) is 19.7. The molecule has 50 heavy (non-hydrogen) atoms. The molecule has 0 bridgehead atoms. The summed E-state index contributed by atoms with van der Waals surface area (Å²) < 4.78 is 33.0. The second kappa shape index (κ2) is 13.7. The standard InChI is InChI=1S/C42H49NO6Si/c1-40(2,3)50(33-19-11-7-12-20-33,34-21-13-8-14-22-34)48-28-27-42-35-23-15-16-24-37(35)43(39(44)46-5)41(42)26-25-32(29-36(41)38(45-4)49-42)47-30-31-17-9-6-10-18-31/h6-24,32,36,38H,25-30H2,1-5H3/t32-,36-,38+,41+,42+/m0/s1. The van der Waals surface area contributed by atoms with E-state index in [4.69, 9.17) is 23.4 Å². The number of anilines is 1. The number of nitrogens with zero attached hydrogens (tertiary/aromatic N) is 1. The van der Waals surface area contributed by atoms with Crippen molar-refractivity contribution in [2.45, 2.75) is 81.6 Å². The fraction of sp³-hybridized carbons (Fsp3) is 0.405. The van der Waals surface area contributed by atoms with Gasteiger partial charge in [-0.25, -0.2) is 4.79 Å².